The van der Waals surface area contributed by atoms with Gasteiger partial charge in [-0.2, -0.15) is 0 Å². The molecule has 0 radical (unpaired) electrons. The normalized spacial score (nSPS) is 15.8. The van der Waals surface area contributed by atoms with Crippen molar-refractivity contribution in [3.8, 4) is 0 Å². The number of rotatable bonds is 9. The summed E-state index contributed by atoms with van der Waals surface area (Å²) in [7, 11) is -3.41. The number of hydrogen-bond donors (Lipinski definition) is 0. The first-order valence-corrected chi connectivity index (χ1v) is 14.5. The van der Waals surface area contributed by atoms with E-state index in [1.807, 2.05) is 0 Å². The summed E-state index contributed by atoms with van der Waals surface area (Å²) in [5.74, 6) is 0. The largest absolute Gasteiger partial charge is 0.416 e. The fourth-order valence-electron chi connectivity index (χ4n) is 3.64. The van der Waals surface area contributed by atoms with Gasteiger partial charge in [0.1, 0.15) is 0 Å². The molecule has 0 aliphatic heterocycles. The molecular weight excluding hydrogens is 316 g/mol. The van der Waals surface area contributed by atoms with E-state index < -0.39 is 16.6 Å². The molecule has 0 saturated heterocycles. The number of hydrogen-bond acceptors (Lipinski definition) is 2. The molecule has 23 heavy (non-hydrogen) atoms. The van der Waals surface area contributed by atoms with E-state index in [1.54, 1.807) is 0 Å². The van der Waals surface area contributed by atoms with Crippen molar-refractivity contribution in [2.24, 2.45) is 0 Å². The first-order valence-electron chi connectivity index (χ1n) is 9.50. The summed E-state index contributed by atoms with van der Waals surface area (Å²) in [5, 5.41) is 0.272. The second kappa shape index (κ2) is 8.64. The molecule has 4 heteroatoms. The maximum absolute atomic E-state index is 6.66. The molecule has 0 aliphatic carbocycles. The Morgan fingerprint density at radius 3 is 1.48 bits per heavy atom. The second-order valence-corrected chi connectivity index (χ2v) is 19.9. The lowest BCUT2D eigenvalue weighted by Gasteiger charge is -2.43. The lowest BCUT2D eigenvalue weighted by Crippen LogP contribution is -2.48. The van der Waals surface area contributed by atoms with Crippen LogP contribution in [0.15, 0.2) is 0 Å². The summed E-state index contributed by atoms with van der Waals surface area (Å²) in [4.78, 5) is 0. The van der Waals surface area contributed by atoms with Crippen LogP contribution in [0.2, 0.25) is 34.8 Å². The third-order valence-corrected chi connectivity index (χ3v) is 16.6. The van der Waals surface area contributed by atoms with E-state index >= 15 is 0 Å². The average molecular weight is 361 g/mol. The average Bonchev–Trinajstić information content (AvgIpc) is 2.30. The summed E-state index contributed by atoms with van der Waals surface area (Å²) in [5.41, 5.74) is 1.96. The first-order chi connectivity index (χ1) is 10.2. The Kier molecular flexibility index (Phi) is 8.77. The molecule has 0 aromatic heterocycles. The molecule has 140 valence electrons. The highest BCUT2D eigenvalue weighted by atomic mass is 28.4. The molecule has 0 fully saturated rings. The van der Waals surface area contributed by atoms with Crippen LogP contribution in [0.25, 0.3) is 0 Å². The van der Waals surface area contributed by atoms with Gasteiger partial charge in [-0.3, -0.25) is 0 Å². The van der Waals surface area contributed by atoms with Crippen molar-refractivity contribution < 1.29 is 8.85 Å². The molecule has 2 nitrogen and oxygen atoms in total. The summed E-state index contributed by atoms with van der Waals surface area (Å²) < 4.78 is 13.1. The summed E-state index contributed by atoms with van der Waals surface area (Å²) in [6.07, 6.45) is 1.29. The highest BCUT2D eigenvalue weighted by Gasteiger charge is 2.45. The second-order valence-electron chi connectivity index (χ2n) is 9.64. The van der Waals surface area contributed by atoms with Gasteiger partial charge in [0.2, 0.25) is 0 Å². The Morgan fingerprint density at radius 1 is 0.783 bits per heavy atom. The van der Waals surface area contributed by atoms with Crippen LogP contribution in [-0.2, 0) is 8.85 Å². The van der Waals surface area contributed by atoms with Crippen LogP contribution in [0, 0.1) is 0 Å². The molecule has 0 N–H and O–H groups in total. The van der Waals surface area contributed by atoms with Gasteiger partial charge in [-0.15, -0.1) is 0 Å². The third-order valence-electron chi connectivity index (χ3n) is 5.89. The molecule has 0 aromatic carbocycles. The van der Waals surface area contributed by atoms with Crippen molar-refractivity contribution >= 4 is 16.6 Å². The van der Waals surface area contributed by atoms with Gasteiger partial charge in [-0.1, -0.05) is 62.3 Å². The molecule has 0 amide bonds. The highest BCUT2D eigenvalue weighted by molar-refractivity contribution is 6.77. The minimum atomic E-state index is -1.73. The zero-order valence-corrected chi connectivity index (χ0v) is 20.0. The quantitative estimate of drug-likeness (QED) is 0.413. The Bertz CT molecular complexity index is 322. The fraction of sp³-hybridized carbons (Fsp3) is 1.00. The van der Waals surface area contributed by atoms with Crippen molar-refractivity contribution in [2.45, 2.75) is 117 Å². The van der Waals surface area contributed by atoms with Crippen molar-refractivity contribution in [1.82, 2.24) is 0 Å². The van der Waals surface area contributed by atoms with E-state index in [4.69, 9.17) is 8.85 Å². The smallest absolute Gasteiger partial charge is 0.200 e. The SMILES string of the molecule is CC(CCO[Si](C(C)C)(C(C)C)C(C)C)O[Si](C)(C)C(C)(C)C. The van der Waals surface area contributed by atoms with Gasteiger partial charge in [0, 0.05) is 12.7 Å². The van der Waals surface area contributed by atoms with E-state index in [9.17, 15) is 0 Å². The van der Waals surface area contributed by atoms with Crippen LogP contribution in [0.4, 0.5) is 0 Å². The predicted octanol–water partition coefficient (Wildman–Crippen LogP) is 6.98. The molecule has 0 saturated carbocycles. The molecule has 1 atom stereocenters. The Labute approximate surface area is 149 Å². The molecular formula is C19H44O2Si2. The lowest BCUT2D eigenvalue weighted by molar-refractivity contribution is 0.154. The predicted molar refractivity (Wildman–Crippen MR) is 109 cm³/mol. The molecule has 0 aliphatic rings. The van der Waals surface area contributed by atoms with Gasteiger partial charge in [0.05, 0.1) is 0 Å². The van der Waals surface area contributed by atoms with E-state index in [1.165, 1.54) is 0 Å². The molecule has 0 rings (SSSR count). The van der Waals surface area contributed by atoms with Gasteiger partial charge >= 0.3 is 0 Å². The van der Waals surface area contributed by atoms with Crippen LogP contribution in [0.3, 0.4) is 0 Å². The van der Waals surface area contributed by atoms with Gasteiger partial charge in [0.25, 0.3) is 0 Å². The zero-order valence-electron chi connectivity index (χ0n) is 18.0. The fourth-order valence-corrected chi connectivity index (χ4v) is 10.6. The summed E-state index contributed by atoms with van der Waals surface area (Å²) in [6, 6.07) is 0. The molecule has 0 bridgehead atoms. The molecule has 0 spiro atoms. The molecule has 0 heterocycles. The Balaban J connectivity index is 4.74. The minimum absolute atomic E-state index is 0.272. The first kappa shape index (κ1) is 23.4. The van der Waals surface area contributed by atoms with E-state index in [-0.39, 0.29) is 11.1 Å². The standard InChI is InChI=1S/C19H44O2Si2/c1-15(2)23(16(3)4,17(5)6)20-14-13-18(7)21-22(11,12)19(8,9)10/h15-18H,13-14H2,1-12H3. The van der Waals surface area contributed by atoms with Crippen LogP contribution >= 0.6 is 0 Å². The summed E-state index contributed by atoms with van der Waals surface area (Å²) >= 11 is 0. The van der Waals surface area contributed by atoms with Crippen molar-refractivity contribution in [1.29, 1.82) is 0 Å². The van der Waals surface area contributed by atoms with Gasteiger partial charge in [0.15, 0.2) is 16.6 Å². The topological polar surface area (TPSA) is 18.5 Å². The van der Waals surface area contributed by atoms with E-state index in [0.29, 0.717) is 16.6 Å². The van der Waals surface area contributed by atoms with Crippen LogP contribution in [0.1, 0.15) is 75.7 Å². The lowest BCUT2D eigenvalue weighted by atomic mass is 10.2. The van der Waals surface area contributed by atoms with E-state index in [2.05, 4.69) is 82.3 Å². The third kappa shape index (κ3) is 5.98. The van der Waals surface area contributed by atoms with Crippen LogP contribution in [0.5, 0.6) is 0 Å². The monoisotopic (exact) mass is 360 g/mol. The van der Waals surface area contributed by atoms with Gasteiger partial charge in [-0.05, 0) is 48.1 Å². The zero-order chi connectivity index (χ0) is 18.6. The van der Waals surface area contributed by atoms with Crippen LogP contribution < -0.4 is 0 Å². The van der Waals surface area contributed by atoms with Crippen LogP contribution in [-0.4, -0.2) is 29.3 Å². The molecule has 1 unspecified atom stereocenters. The maximum Gasteiger partial charge on any atom is 0.200 e. The summed E-state index contributed by atoms with van der Waals surface area (Å²) in [6.45, 7) is 28.7. The maximum atomic E-state index is 6.66. The van der Waals surface area contributed by atoms with Crippen molar-refractivity contribution in [3.05, 3.63) is 0 Å². The van der Waals surface area contributed by atoms with E-state index in [0.717, 1.165) is 13.0 Å². The Morgan fingerprint density at radius 2 is 1.17 bits per heavy atom. The van der Waals surface area contributed by atoms with Crippen molar-refractivity contribution in [3.63, 3.8) is 0 Å². The highest BCUT2D eigenvalue weighted by Crippen LogP contribution is 2.42. The minimum Gasteiger partial charge on any atom is -0.416 e. The van der Waals surface area contributed by atoms with Gasteiger partial charge < -0.3 is 8.85 Å². The molecule has 0 aromatic rings. The Hall–Kier alpha value is 0.354. The van der Waals surface area contributed by atoms with Gasteiger partial charge in [-0.25, -0.2) is 0 Å². The van der Waals surface area contributed by atoms with Crippen molar-refractivity contribution in [2.75, 3.05) is 6.61 Å².